The molecule has 0 bridgehead atoms. The molecule has 0 atom stereocenters. The summed E-state index contributed by atoms with van der Waals surface area (Å²) in [7, 11) is 0. The van der Waals surface area contributed by atoms with Gasteiger partial charge >= 0.3 is 0 Å². The average molecular weight is 1840 g/mol. The summed E-state index contributed by atoms with van der Waals surface area (Å²) in [5, 5.41) is 7.42. The van der Waals surface area contributed by atoms with E-state index in [0.29, 0.717) is 17.5 Å². The molecule has 12 heterocycles. The smallest absolute Gasteiger partial charge is 0.221 e. The van der Waals surface area contributed by atoms with Crippen LogP contribution in [0, 0.1) is 0 Å². The van der Waals surface area contributed by atoms with Crippen LogP contribution < -0.4 is 0 Å². The van der Waals surface area contributed by atoms with E-state index in [2.05, 4.69) is 330 Å². The summed E-state index contributed by atoms with van der Waals surface area (Å²) in [5.41, 5.74) is 29.5. The second-order valence-electron chi connectivity index (χ2n) is 35.2. The summed E-state index contributed by atoms with van der Waals surface area (Å²) < 4.78 is 24.6. The minimum atomic E-state index is 0.662. The summed E-state index contributed by atoms with van der Waals surface area (Å²) in [6.45, 7) is 0. The summed E-state index contributed by atoms with van der Waals surface area (Å²) >= 11 is 3.70. The van der Waals surface area contributed by atoms with Crippen molar-refractivity contribution in [1.29, 1.82) is 0 Å². The molecule has 12 aromatic heterocycles. The van der Waals surface area contributed by atoms with Gasteiger partial charge in [-0.3, -0.25) is 26.9 Å². The maximum Gasteiger partial charge on any atom is 0.221 e. The maximum absolute atomic E-state index is 6.12. The number of nitrogens with zero attached hydrogens (tertiary/aromatic N) is 15. The first-order valence-corrected chi connectivity index (χ1v) is 48.5. The fraction of sp³-hybridized carbons (Fsp3) is 0. The monoisotopic (exact) mass is 1840 g/mol. The minimum absolute atomic E-state index is 0.662. The number of rotatable bonds is 12. The number of thiophene rings is 2. The van der Waals surface area contributed by atoms with Gasteiger partial charge < -0.3 is 4.42 Å². The Morgan fingerprint density at radius 1 is 0.184 bits per heavy atom. The van der Waals surface area contributed by atoms with Crippen LogP contribution in [0.1, 0.15) is 0 Å². The van der Waals surface area contributed by atoms with Crippen molar-refractivity contribution in [3.8, 4) is 119 Å². The highest BCUT2D eigenvalue weighted by atomic mass is 32.1. The molecule has 141 heavy (non-hydrogen) atoms. The Kier molecular flexibility index (Phi) is 18.9. The Labute approximate surface area is 812 Å². The SMILES string of the molecule is c1ccc(-c2cc(-n3c4ccc(-c5ccc6oc7ccccc7c6c5)cc4n4c5ccccc5nc34)nc(-c3ccccc3)n2)cc1.c1ccc(-c2cc(-n3c4ccc(-c5ccc6sc7ccccc7c6c5)cc4n4c5ccccc5nc34)nc(-c3ccccc3)n2)cc1.c1ccc(-c2cc(-n3c4ccc(-c5cccc6c5sc5ccccc56)cc4n4c5ccccc5nc34)nc(-c3ccccc3)n2)cc1. The van der Waals surface area contributed by atoms with Crippen molar-refractivity contribution in [2.45, 2.75) is 0 Å². The molecule has 0 amide bonds. The van der Waals surface area contributed by atoms with Crippen LogP contribution in [0.3, 0.4) is 0 Å². The van der Waals surface area contributed by atoms with E-state index < -0.39 is 0 Å². The molecule has 18 aromatic carbocycles. The lowest BCUT2D eigenvalue weighted by molar-refractivity contribution is 0.669. The average Bonchev–Trinajstić information content (AvgIpc) is 1.56. The standard InChI is InChI=1S/C41H25N5O.2C41H25N5S/c1-3-11-26(12-4-1)33-25-39(44-40(42-33)27-13-5-2-6-14-27)46-35-21-19-29(24-36(35)45-34-17-9-8-16-32(34)43-41(45)46)28-20-22-38-31(23-28)30-15-7-10-18-37(30)47-38;1-3-12-26(13-4-1)33-25-38(44-40(42-33)27-14-5-2-6-15-27)46-35-23-22-28(24-36(35)45-34-20-9-8-19-32(34)43-41(45)46)29-17-11-18-31-30-16-7-10-21-37(30)47-39(29)31;1-3-11-26(12-4-1)33-25-39(44-40(42-33)27-13-5-2-6-14-27)46-35-21-19-29(24-36(35)45-34-17-9-8-16-32(34)43-41(45)46)28-20-22-38-31(23-28)30-15-7-10-18-37(30)47-38/h3*1-25H. The lowest BCUT2D eigenvalue weighted by atomic mass is 10.0. The van der Waals surface area contributed by atoms with E-state index >= 15 is 0 Å². The lowest BCUT2D eigenvalue weighted by Gasteiger charge is -2.11. The number of aromatic nitrogens is 15. The quantitative estimate of drug-likeness (QED) is 0.115. The topological polar surface area (TPSA) is 157 Å². The second-order valence-corrected chi connectivity index (χ2v) is 37.4. The van der Waals surface area contributed by atoms with E-state index in [9.17, 15) is 0 Å². The van der Waals surface area contributed by atoms with Crippen molar-refractivity contribution in [2.75, 3.05) is 0 Å². The first-order valence-electron chi connectivity index (χ1n) is 46.9. The van der Waals surface area contributed by atoms with E-state index in [4.69, 9.17) is 49.3 Å². The Hall–Kier alpha value is -18.8. The summed E-state index contributed by atoms with van der Waals surface area (Å²) in [4.78, 5) is 46.1. The van der Waals surface area contributed by atoms with Gasteiger partial charge in [-0.25, -0.2) is 44.9 Å². The van der Waals surface area contributed by atoms with E-state index in [-0.39, 0.29) is 0 Å². The third kappa shape index (κ3) is 13.7. The number of imidazole rings is 6. The maximum atomic E-state index is 6.12. The first-order chi connectivity index (χ1) is 69.9. The largest absolute Gasteiger partial charge is 0.456 e. The number of hydrogen-bond acceptors (Lipinski definition) is 12. The predicted molar refractivity (Wildman–Crippen MR) is 577 cm³/mol. The van der Waals surface area contributed by atoms with Crippen LogP contribution in [0.15, 0.2) is 459 Å². The molecular formula is C123H75N15OS2. The molecule has 0 aliphatic carbocycles. The number of hydrogen-bond donors (Lipinski definition) is 0. The van der Waals surface area contributed by atoms with Gasteiger partial charge in [-0.1, -0.05) is 322 Å². The number of fused-ring (bicyclic) bond motifs is 24. The Morgan fingerprint density at radius 2 is 0.511 bits per heavy atom. The van der Waals surface area contributed by atoms with Crippen molar-refractivity contribution in [3.05, 3.63) is 455 Å². The summed E-state index contributed by atoms with van der Waals surface area (Å²) in [6.07, 6.45) is 0. The third-order valence-electron chi connectivity index (χ3n) is 26.9. The van der Waals surface area contributed by atoms with Gasteiger partial charge in [0.05, 0.1) is 83.3 Å². The zero-order valence-electron chi connectivity index (χ0n) is 75.2. The molecule has 0 fully saturated rings. The van der Waals surface area contributed by atoms with E-state index in [1.165, 1.54) is 57.0 Å². The van der Waals surface area contributed by atoms with Gasteiger partial charge in [0.1, 0.15) is 28.6 Å². The molecule has 16 nitrogen and oxygen atoms in total. The molecule has 660 valence electrons. The van der Waals surface area contributed by atoms with Crippen LogP contribution in [0.25, 0.3) is 265 Å². The molecule has 0 aliphatic heterocycles. The van der Waals surface area contributed by atoms with Crippen LogP contribution in [-0.2, 0) is 0 Å². The summed E-state index contributed by atoms with van der Waals surface area (Å²) in [5.74, 6) is 6.73. The fourth-order valence-electron chi connectivity index (χ4n) is 20.3. The van der Waals surface area contributed by atoms with Crippen molar-refractivity contribution in [3.63, 3.8) is 0 Å². The highest BCUT2D eigenvalue weighted by Crippen LogP contribution is 2.46. The van der Waals surface area contributed by atoms with Gasteiger partial charge in [0, 0.05) is 103 Å². The fourth-order valence-corrected chi connectivity index (χ4v) is 22.6. The van der Waals surface area contributed by atoms with Crippen LogP contribution in [0.5, 0.6) is 0 Å². The molecule has 0 spiro atoms. The van der Waals surface area contributed by atoms with Gasteiger partial charge in [0.25, 0.3) is 0 Å². The normalized spacial score (nSPS) is 11.8. The Morgan fingerprint density at radius 3 is 0.965 bits per heavy atom. The van der Waals surface area contributed by atoms with Gasteiger partial charge in [-0.15, -0.1) is 22.7 Å². The van der Waals surface area contributed by atoms with Crippen LogP contribution in [-0.4, -0.2) is 71.8 Å². The van der Waals surface area contributed by atoms with Gasteiger partial charge in [0.2, 0.25) is 17.3 Å². The van der Waals surface area contributed by atoms with E-state index in [0.717, 1.165) is 190 Å². The van der Waals surface area contributed by atoms with E-state index in [1.807, 2.05) is 174 Å². The lowest BCUT2D eigenvalue weighted by Crippen LogP contribution is -2.03. The number of para-hydroxylation sites is 7. The third-order valence-corrected chi connectivity index (χ3v) is 29.2. The molecule has 0 saturated heterocycles. The molecule has 0 aliphatic rings. The van der Waals surface area contributed by atoms with Crippen molar-refractivity contribution >= 4 is 168 Å². The van der Waals surface area contributed by atoms with Crippen LogP contribution >= 0.6 is 22.7 Å². The van der Waals surface area contributed by atoms with Crippen molar-refractivity contribution in [1.82, 2.24) is 71.8 Å². The number of furan rings is 1. The van der Waals surface area contributed by atoms with Gasteiger partial charge in [-0.05, 0) is 149 Å². The van der Waals surface area contributed by atoms with Crippen molar-refractivity contribution in [2.24, 2.45) is 0 Å². The van der Waals surface area contributed by atoms with Crippen molar-refractivity contribution < 1.29 is 4.42 Å². The second kappa shape index (κ2) is 33.1. The molecular weight excluding hydrogens is 1770 g/mol. The molecule has 30 aromatic rings. The van der Waals surface area contributed by atoms with Crippen LogP contribution in [0.4, 0.5) is 0 Å². The number of benzene rings is 18. The zero-order chi connectivity index (χ0) is 92.7. The molecule has 30 rings (SSSR count). The first kappa shape index (κ1) is 80.7. The highest BCUT2D eigenvalue weighted by molar-refractivity contribution is 7.26. The zero-order valence-corrected chi connectivity index (χ0v) is 76.9. The molecule has 0 unspecified atom stereocenters. The minimum Gasteiger partial charge on any atom is -0.456 e. The Bertz CT molecular complexity index is 9650. The molecule has 0 radical (unpaired) electrons. The summed E-state index contributed by atoms with van der Waals surface area (Å²) in [6, 6.07) is 158. The predicted octanol–water partition coefficient (Wildman–Crippen LogP) is 31.3. The highest BCUT2D eigenvalue weighted by Gasteiger charge is 2.27. The molecule has 0 saturated carbocycles. The molecule has 18 heteroatoms. The Balaban J connectivity index is 0.000000104. The van der Waals surface area contributed by atoms with Gasteiger partial charge in [-0.2, -0.15) is 0 Å². The van der Waals surface area contributed by atoms with Crippen LogP contribution in [0.2, 0.25) is 0 Å². The van der Waals surface area contributed by atoms with Gasteiger partial charge in [0.15, 0.2) is 17.5 Å². The van der Waals surface area contributed by atoms with E-state index in [1.54, 1.807) is 0 Å². The molecule has 0 N–H and O–H groups in total.